The Balaban J connectivity index is 1.36. The third-order valence-corrected chi connectivity index (χ3v) is 3.62. The SMILES string of the molecule is C#Cc1ccc(OCCOCCOCCOCCN2C(=O)C=CC2=O)cc1. The summed E-state index contributed by atoms with van der Waals surface area (Å²) in [5, 5.41) is 0. The molecule has 7 nitrogen and oxygen atoms in total. The number of terminal acetylenes is 1. The van der Waals surface area contributed by atoms with Crippen molar-refractivity contribution in [3.8, 4) is 18.1 Å². The molecule has 27 heavy (non-hydrogen) atoms. The van der Waals surface area contributed by atoms with Crippen LogP contribution in [0.1, 0.15) is 5.56 Å². The van der Waals surface area contributed by atoms with Gasteiger partial charge >= 0.3 is 0 Å². The zero-order valence-electron chi connectivity index (χ0n) is 15.1. The van der Waals surface area contributed by atoms with Crippen LogP contribution in [0.15, 0.2) is 36.4 Å². The number of ether oxygens (including phenoxy) is 4. The standard InChI is InChI=1S/C20H23NO6/c1-2-17-3-5-18(6-4-17)27-16-15-26-14-13-25-12-11-24-10-9-21-19(22)7-8-20(21)23/h1,3-8H,9-16H2. The summed E-state index contributed by atoms with van der Waals surface area (Å²) in [5.74, 6) is 2.70. The van der Waals surface area contributed by atoms with Crippen LogP contribution in [-0.4, -0.2) is 69.5 Å². The largest absolute Gasteiger partial charge is 0.491 e. The van der Waals surface area contributed by atoms with Crippen LogP contribution in [0.3, 0.4) is 0 Å². The van der Waals surface area contributed by atoms with Gasteiger partial charge in [0, 0.05) is 17.7 Å². The summed E-state index contributed by atoms with van der Waals surface area (Å²) in [6.45, 7) is 3.17. The fourth-order valence-corrected chi connectivity index (χ4v) is 2.22. The van der Waals surface area contributed by atoms with Gasteiger partial charge in [0.05, 0.1) is 46.2 Å². The molecule has 144 valence electrons. The second kappa shape index (κ2) is 11.9. The zero-order chi connectivity index (χ0) is 19.3. The summed E-state index contributed by atoms with van der Waals surface area (Å²) in [4.78, 5) is 23.8. The minimum Gasteiger partial charge on any atom is -0.491 e. The van der Waals surface area contributed by atoms with Crippen molar-refractivity contribution in [2.75, 3.05) is 52.8 Å². The number of amides is 2. The molecule has 0 radical (unpaired) electrons. The van der Waals surface area contributed by atoms with Crippen LogP contribution < -0.4 is 4.74 Å². The molecule has 1 aliphatic rings. The predicted molar refractivity (Wildman–Crippen MR) is 98.2 cm³/mol. The van der Waals surface area contributed by atoms with Gasteiger partial charge in [-0.1, -0.05) is 5.92 Å². The summed E-state index contributed by atoms with van der Waals surface area (Å²) >= 11 is 0. The lowest BCUT2D eigenvalue weighted by Gasteiger charge is -2.13. The Hall–Kier alpha value is -2.66. The lowest BCUT2D eigenvalue weighted by atomic mass is 10.2. The number of nitrogens with zero attached hydrogens (tertiary/aromatic N) is 1. The first kappa shape index (κ1) is 20.6. The Bertz CT molecular complexity index is 659. The number of carbonyl (C=O) groups excluding carboxylic acids is 2. The number of hydrogen-bond donors (Lipinski definition) is 0. The maximum atomic E-state index is 11.3. The van der Waals surface area contributed by atoms with Crippen LogP contribution in [0.25, 0.3) is 0 Å². The smallest absolute Gasteiger partial charge is 0.253 e. The normalized spacial score (nSPS) is 13.2. The Kier molecular flexibility index (Phi) is 9.07. The first-order chi connectivity index (χ1) is 13.2. The Labute approximate surface area is 158 Å². The van der Waals surface area contributed by atoms with Crippen LogP contribution in [0, 0.1) is 12.3 Å². The van der Waals surface area contributed by atoms with Crippen molar-refractivity contribution >= 4 is 11.8 Å². The van der Waals surface area contributed by atoms with Gasteiger partial charge in [0.2, 0.25) is 0 Å². The number of benzene rings is 1. The van der Waals surface area contributed by atoms with E-state index in [4.69, 9.17) is 25.4 Å². The van der Waals surface area contributed by atoms with Crippen molar-refractivity contribution in [2.45, 2.75) is 0 Å². The molecule has 0 N–H and O–H groups in total. The highest BCUT2D eigenvalue weighted by molar-refractivity contribution is 6.12. The highest BCUT2D eigenvalue weighted by atomic mass is 16.6. The number of imide groups is 1. The summed E-state index contributed by atoms with van der Waals surface area (Å²) in [6.07, 6.45) is 7.80. The molecule has 0 saturated heterocycles. The van der Waals surface area contributed by atoms with E-state index in [1.54, 1.807) is 0 Å². The highest BCUT2D eigenvalue weighted by Gasteiger charge is 2.22. The van der Waals surface area contributed by atoms with E-state index in [0.29, 0.717) is 46.2 Å². The highest BCUT2D eigenvalue weighted by Crippen LogP contribution is 2.11. The van der Waals surface area contributed by atoms with Crippen molar-refractivity contribution in [1.29, 1.82) is 0 Å². The molecule has 7 heteroatoms. The lowest BCUT2D eigenvalue weighted by molar-refractivity contribution is -0.137. The minimum absolute atomic E-state index is 0.249. The van der Waals surface area contributed by atoms with E-state index in [1.165, 1.54) is 12.2 Å². The van der Waals surface area contributed by atoms with Crippen molar-refractivity contribution in [2.24, 2.45) is 0 Å². The molecule has 0 saturated carbocycles. The maximum absolute atomic E-state index is 11.3. The molecule has 0 aliphatic carbocycles. The van der Waals surface area contributed by atoms with Crippen molar-refractivity contribution < 1.29 is 28.5 Å². The third-order valence-electron chi connectivity index (χ3n) is 3.62. The summed E-state index contributed by atoms with van der Waals surface area (Å²) in [6, 6.07) is 7.29. The molecule has 0 bridgehead atoms. The second-order valence-corrected chi connectivity index (χ2v) is 5.52. The molecule has 1 heterocycles. The van der Waals surface area contributed by atoms with E-state index < -0.39 is 0 Å². The van der Waals surface area contributed by atoms with E-state index in [2.05, 4.69) is 5.92 Å². The molecule has 2 rings (SSSR count). The van der Waals surface area contributed by atoms with E-state index >= 15 is 0 Å². The van der Waals surface area contributed by atoms with Gasteiger partial charge < -0.3 is 18.9 Å². The van der Waals surface area contributed by atoms with Crippen LogP contribution in [0.4, 0.5) is 0 Å². The molecule has 0 atom stereocenters. The first-order valence-corrected chi connectivity index (χ1v) is 8.67. The molecular weight excluding hydrogens is 350 g/mol. The molecule has 1 aromatic rings. The topological polar surface area (TPSA) is 74.3 Å². The van der Waals surface area contributed by atoms with Gasteiger partial charge in [-0.2, -0.15) is 0 Å². The fraction of sp³-hybridized carbons (Fsp3) is 0.400. The van der Waals surface area contributed by atoms with Crippen LogP contribution in [-0.2, 0) is 23.8 Å². The Morgan fingerprint density at radius 2 is 1.30 bits per heavy atom. The van der Waals surface area contributed by atoms with Crippen LogP contribution in [0.5, 0.6) is 5.75 Å². The summed E-state index contributed by atoms with van der Waals surface area (Å²) < 4.78 is 21.6. The molecule has 0 aromatic heterocycles. The van der Waals surface area contributed by atoms with Gasteiger partial charge in [0.15, 0.2) is 0 Å². The average Bonchev–Trinajstić information content (AvgIpc) is 3.01. The second-order valence-electron chi connectivity index (χ2n) is 5.52. The molecule has 0 fully saturated rings. The van der Waals surface area contributed by atoms with E-state index in [9.17, 15) is 9.59 Å². The first-order valence-electron chi connectivity index (χ1n) is 8.67. The number of hydrogen-bond acceptors (Lipinski definition) is 6. The monoisotopic (exact) mass is 373 g/mol. The van der Waals surface area contributed by atoms with E-state index in [0.717, 1.165) is 16.2 Å². The quantitative estimate of drug-likeness (QED) is 0.292. The van der Waals surface area contributed by atoms with Crippen molar-refractivity contribution in [1.82, 2.24) is 4.90 Å². The molecule has 2 amide bonds. The molecule has 1 aromatic carbocycles. The molecule has 1 aliphatic heterocycles. The average molecular weight is 373 g/mol. The van der Waals surface area contributed by atoms with Gasteiger partial charge in [-0.25, -0.2) is 0 Å². The lowest BCUT2D eigenvalue weighted by Crippen LogP contribution is -2.33. The predicted octanol–water partition coefficient (Wildman–Crippen LogP) is 1.02. The molecular formula is C20H23NO6. The van der Waals surface area contributed by atoms with Crippen LogP contribution >= 0.6 is 0 Å². The number of carbonyl (C=O) groups is 2. The zero-order valence-corrected chi connectivity index (χ0v) is 15.1. The fourth-order valence-electron chi connectivity index (χ4n) is 2.22. The Morgan fingerprint density at radius 1 is 0.778 bits per heavy atom. The van der Waals surface area contributed by atoms with Crippen molar-refractivity contribution in [3.63, 3.8) is 0 Å². The van der Waals surface area contributed by atoms with Gasteiger partial charge in [-0.15, -0.1) is 6.42 Å². The minimum atomic E-state index is -0.300. The van der Waals surface area contributed by atoms with Gasteiger partial charge in [-0.3, -0.25) is 14.5 Å². The third kappa shape index (κ3) is 7.62. The van der Waals surface area contributed by atoms with Gasteiger partial charge in [-0.05, 0) is 24.3 Å². The summed E-state index contributed by atoms with van der Waals surface area (Å²) in [7, 11) is 0. The van der Waals surface area contributed by atoms with Gasteiger partial charge in [0.1, 0.15) is 12.4 Å². The van der Waals surface area contributed by atoms with Crippen LogP contribution in [0.2, 0.25) is 0 Å². The maximum Gasteiger partial charge on any atom is 0.253 e. The molecule has 0 spiro atoms. The van der Waals surface area contributed by atoms with E-state index in [-0.39, 0.29) is 18.4 Å². The number of rotatable bonds is 13. The van der Waals surface area contributed by atoms with E-state index in [1.807, 2.05) is 24.3 Å². The Morgan fingerprint density at radius 3 is 1.85 bits per heavy atom. The molecule has 0 unspecified atom stereocenters. The van der Waals surface area contributed by atoms with Crippen molar-refractivity contribution in [3.05, 3.63) is 42.0 Å². The van der Waals surface area contributed by atoms with Gasteiger partial charge in [0.25, 0.3) is 11.8 Å². The summed E-state index contributed by atoms with van der Waals surface area (Å²) in [5.41, 5.74) is 0.815.